The topological polar surface area (TPSA) is 54.0 Å². The molecule has 2 atom stereocenters. The number of benzene rings is 2. The second-order valence-corrected chi connectivity index (χ2v) is 9.86. The first kappa shape index (κ1) is 22.6. The Balaban J connectivity index is 1.37. The van der Waals surface area contributed by atoms with E-state index in [4.69, 9.17) is 9.47 Å². The summed E-state index contributed by atoms with van der Waals surface area (Å²) in [6.07, 6.45) is 1.61. The molecule has 0 aliphatic carbocycles. The fourth-order valence-electron chi connectivity index (χ4n) is 5.13. The number of carbonyl (C=O) groups excluding carboxylic acids is 1. The molecule has 1 N–H and O–H groups in total. The molecule has 1 saturated heterocycles. The van der Waals surface area contributed by atoms with Crippen LogP contribution in [0, 0.1) is 5.92 Å². The van der Waals surface area contributed by atoms with Crippen LogP contribution in [0.1, 0.15) is 10.4 Å². The van der Waals surface area contributed by atoms with Crippen molar-refractivity contribution in [3.8, 4) is 11.5 Å². The smallest absolute Gasteiger partial charge is 0.225 e. The zero-order valence-corrected chi connectivity index (χ0v) is 20.5. The number of fused-ring (bicyclic) bond motifs is 3. The van der Waals surface area contributed by atoms with Crippen molar-refractivity contribution in [3.05, 3.63) is 70.4 Å². The van der Waals surface area contributed by atoms with E-state index in [1.807, 2.05) is 18.2 Å². The number of hydrogen-bond acceptors (Lipinski definition) is 6. The second-order valence-electron chi connectivity index (χ2n) is 8.83. The van der Waals surface area contributed by atoms with Crippen LogP contribution in [0.3, 0.4) is 0 Å². The minimum atomic E-state index is -0.106. The number of thiophene rings is 1. The van der Waals surface area contributed by atoms with Crippen LogP contribution in [0.4, 0.5) is 11.4 Å². The van der Waals surface area contributed by atoms with E-state index >= 15 is 0 Å². The Hall–Kier alpha value is -3.19. The lowest BCUT2D eigenvalue weighted by Gasteiger charge is -2.49. The molecule has 3 heterocycles. The summed E-state index contributed by atoms with van der Waals surface area (Å²) in [6, 6.07) is 18.7. The van der Waals surface area contributed by atoms with E-state index in [2.05, 4.69) is 56.9 Å². The van der Waals surface area contributed by atoms with Gasteiger partial charge in [-0.05, 0) is 60.2 Å². The lowest BCUT2D eigenvalue weighted by atomic mass is 9.83. The molecule has 1 amide bonds. The van der Waals surface area contributed by atoms with Gasteiger partial charge in [-0.15, -0.1) is 11.3 Å². The summed E-state index contributed by atoms with van der Waals surface area (Å²) in [4.78, 5) is 19.6. The van der Waals surface area contributed by atoms with Crippen molar-refractivity contribution >= 4 is 28.6 Å². The van der Waals surface area contributed by atoms with Gasteiger partial charge in [-0.2, -0.15) is 0 Å². The van der Waals surface area contributed by atoms with Gasteiger partial charge in [0.1, 0.15) is 11.5 Å². The molecule has 0 unspecified atom stereocenters. The second kappa shape index (κ2) is 9.97. The lowest BCUT2D eigenvalue weighted by Crippen LogP contribution is -2.61. The molecule has 2 aromatic carbocycles. The highest BCUT2D eigenvalue weighted by Gasteiger charge is 2.41. The van der Waals surface area contributed by atoms with Crippen molar-refractivity contribution in [2.75, 3.05) is 50.2 Å². The van der Waals surface area contributed by atoms with E-state index in [0.29, 0.717) is 6.54 Å². The predicted octanol–water partition coefficient (Wildman–Crippen LogP) is 3.99. The average molecular weight is 478 g/mol. The van der Waals surface area contributed by atoms with Gasteiger partial charge < -0.3 is 24.6 Å². The van der Waals surface area contributed by atoms with Crippen LogP contribution in [0.25, 0.3) is 0 Å². The maximum atomic E-state index is 13.4. The number of ether oxygens (including phenoxy) is 2. The highest BCUT2D eigenvalue weighted by Crippen LogP contribution is 2.39. The van der Waals surface area contributed by atoms with Crippen molar-refractivity contribution in [2.45, 2.75) is 18.9 Å². The van der Waals surface area contributed by atoms with Crippen molar-refractivity contribution < 1.29 is 14.3 Å². The molecule has 3 aromatic rings. The number of carbonyl (C=O) groups is 1. The largest absolute Gasteiger partial charge is 0.497 e. The minimum Gasteiger partial charge on any atom is -0.497 e. The summed E-state index contributed by atoms with van der Waals surface area (Å²) < 4.78 is 10.8. The Morgan fingerprint density at radius 2 is 1.85 bits per heavy atom. The standard InChI is InChI=1S/C27H31N3O3S/c1-32-21-9-6-20(7-10-21)29-13-14-30-25-17-22(33-2)8-5-19(25)16-24(26(30)18-29)27(31)28-12-11-23-4-3-15-34-23/h3-10,15,17,24,26H,11-14,16,18H2,1-2H3,(H,28,31)/t24-,26-/m0/s1. The average Bonchev–Trinajstić information content (AvgIpc) is 3.41. The number of hydrogen-bond donors (Lipinski definition) is 1. The molecule has 0 radical (unpaired) electrons. The number of rotatable bonds is 7. The SMILES string of the molecule is COc1ccc(N2CCN3c4cc(OC)ccc4C[C@H](C(=O)NCCc4cccs4)[C@@H]3C2)cc1. The van der Waals surface area contributed by atoms with Crippen molar-refractivity contribution in [2.24, 2.45) is 5.92 Å². The van der Waals surface area contributed by atoms with Crippen LogP contribution in [0.2, 0.25) is 0 Å². The number of piperazine rings is 1. The van der Waals surface area contributed by atoms with Crippen LogP contribution < -0.4 is 24.6 Å². The zero-order valence-electron chi connectivity index (χ0n) is 19.7. The van der Waals surface area contributed by atoms with Crippen molar-refractivity contribution in [1.29, 1.82) is 0 Å². The van der Waals surface area contributed by atoms with E-state index < -0.39 is 0 Å². The molecule has 0 spiro atoms. The van der Waals surface area contributed by atoms with E-state index in [9.17, 15) is 4.79 Å². The van der Waals surface area contributed by atoms with E-state index in [1.165, 1.54) is 16.1 Å². The fourth-order valence-corrected chi connectivity index (χ4v) is 5.84. The van der Waals surface area contributed by atoms with Gasteiger partial charge in [-0.1, -0.05) is 12.1 Å². The Labute approximate surface area is 205 Å². The Morgan fingerprint density at radius 3 is 2.59 bits per heavy atom. The van der Waals surface area contributed by atoms with Gasteiger partial charge >= 0.3 is 0 Å². The fraction of sp³-hybridized carbons (Fsp3) is 0.370. The normalized spacial score (nSPS) is 19.2. The molecular formula is C27H31N3O3S. The number of nitrogens with one attached hydrogen (secondary N) is 1. The third-order valence-corrected chi connectivity index (χ3v) is 7.89. The molecular weight excluding hydrogens is 446 g/mol. The van der Waals surface area contributed by atoms with Crippen LogP contribution in [0.5, 0.6) is 11.5 Å². The van der Waals surface area contributed by atoms with Gasteiger partial charge in [-0.3, -0.25) is 4.79 Å². The molecule has 5 rings (SSSR count). The highest BCUT2D eigenvalue weighted by atomic mass is 32.1. The Morgan fingerprint density at radius 1 is 1.06 bits per heavy atom. The van der Waals surface area contributed by atoms with Crippen LogP contribution in [0.15, 0.2) is 60.0 Å². The molecule has 1 aromatic heterocycles. The van der Waals surface area contributed by atoms with Gasteiger partial charge in [0.05, 0.1) is 26.2 Å². The van der Waals surface area contributed by atoms with Crippen molar-refractivity contribution in [1.82, 2.24) is 5.32 Å². The molecule has 6 nitrogen and oxygen atoms in total. The summed E-state index contributed by atoms with van der Waals surface area (Å²) in [7, 11) is 3.39. The molecule has 178 valence electrons. The zero-order chi connectivity index (χ0) is 23.5. The maximum absolute atomic E-state index is 13.4. The third kappa shape index (κ3) is 4.57. The van der Waals surface area contributed by atoms with E-state index in [1.54, 1.807) is 25.6 Å². The van der Waals surface area contributed by atoms with E-state index in [-0.39, 0.29) is 17.9 Å². The summed E-state index contributed by atoms with van der Waals surface area (Å²) in [5.41, 5.74) is 3.57. The maximum Gasteiger partial charge on any atom is 0.225 e. The van der Waals surface area contributed by atoms with Crippen LogP contribution in [-0.2, 0) is 17.6 Å². The lowest BCUT2D eigenvalue weighted by molar-refractivity contribution is -0.125. The van der Waals surface area contributed by atoms with Crippen LogP contribution in [-0.4, -0.2) is 52.3 Å². The number of amides is 1. The molecule has 0 bridgehead atoms. The van der Waals surface area contributed by atoms with Crippen LogP contribution >= 0.6 is 11.3 Å². The number of nitrogens with zero attached hydrogens (tertiary/aromatic N) is 2. The molecule has 2 aliphatic rings. The summed E-state index contributed by atoms with van der Waals surface area (Å²) in [5.74, 6) is 1.74. The molecule has 0 saturated carbocycles. The first-order valence-electron chi connectivity index (χ1n) is 11.8. The summed E-state index contributed by atoms with van der Waals surface area (Å²) >= 11 is 1.74. The van der Waals surface area contributed by atoms with Gasteiger partial charge in [-0.25, -0.2) is 0 Å². The van der Waals surface area contributed by atoms with Crippen molar-refractivity contribution in [3.63, 3.8) is 0 Å². The summed E-state index contributed by atoms with van der Waals surface area (Å²) in [5, 5.41) is 5.31. The Kier molecular flexibility index (Phi) is 6.63. The first-order chi connectivity index (χ1) is 16.7. The van der Waals surface area contributed by atoms with Gasteiger partial charge in [0.25, 0.3) is 0 Å². The molecule has 2 aliphatic heterocycles. The number of anilines is 2. The quantitative estimate of drug-likeness (QED) is 0.558. The minimum absolute atomic E-state index is 0.0946. The molecule has 34 heavy (non-hydrogen) atoms. The first-order valence-corrected chi connectivity index (χ1v) is 12.7. The molecule has 1 fully saturated rings. The predicted molar refractivity (Wildman–Crippen MR) is 138 cm³/mol. The highest BCUT2D eigenvalue weighted by molar-refractivity contribution is 7.09. The van der Waals surface area contributed by atoms with Gasteiger partial charge in [0.2, 0.25) is 5.91 Å². The third-order valence-electron chi connectivity index (χ3n) is 6.95. The summed E-state index contributed by atoms with van der Waals surface area (Å²) in [6.45, 7) is 3.22. The van der Waals surface area contributed by atoms with E-state index in [0.717, 1.165) is 49.7 Å². The Bertz CT molecular complexity index is 1120. The number of methoxy groups -OCH3 is 2. The molecule has 7 heteroatoms. The monoisotopic (exact) mass is 477 g/mol. The van der Waals surface area contributed by atoms with Gasteiger partial charge in [0, 0.05) is 48.5 Å². The van der Waals surface area contributed by atoms with Gasteiger partial charge in [0.15, 0.2) is 0 Å².